The highest BCUT2D eigenvalue weighted by atomic mass is 33.1. The smallest absolute Gasteiger partial charge is 0.225 e. The number of nitrogens with one attached hydrogen (secondary N) is 2. The number of rotatable bonds is 30. The summed E-state index contributed by atoms with van der Waals surface area (Å²) in [5.41, 5.74) is 0. The number of allylic oxidation sites excluding steroid dienone is 12. The Kier molecular flexibility index (Phi) is 28.7. The van der Waals surface area contributed by atoms with Crippen molar-refractivity contribution >= 4 is 39.2 Å². The minimum atomic E-state index is -1.09. The maximum Gasteiger partial charge on any atom is 0.225 e. The van der Waals surface area contributed by atoms with Crippen LogP contribution in [0, 0.1) is 5.92 Å². The average molecular weight is 751 g/mol. The van der Waals surface area contributed by atoms with Crippen LogP contribution in [-0.2, 0) is 14.4 Å². The van der Waals surface area contributed by atoms with Gasteiger partial charge in [-0.25, -0.2) is 0 Å². The van der Waals surface area contributed by atoms with Crippen LogP contribution in [0.15, 0.2) is 72.9 Å². The molecular formula is C40H68N3O6S2+. The summed E-state index contributed by atoms with van der Waals surface area (Å²) < 4.78 is -0.159. The Bertz CT molecular complexity index is 1140. The Morgan fingerprint density at radius 1 is 0.745 bits per heavy atom. The normalized spacial score (nSPS) is 14.8. The minimum Gasteiger partial charge on any atom is -0.394 e. The van der Waals surface area contributed by atoms with Gasteiger partial charge in [0.25, 0.3) is 0 Å². The van der Waals surface area contributed by atoms with Crippen LogP contribution < -0.4 is 10.6 Å². The Labute approximate surface area is 316 Å². The molecule has 0 radical (unpaired) electrons. The predicted molar refractivity (Wildman–Crippen MR) is 217 cm³/mol. The van der Waals surface area contributed by atoms with Gasteiger partial charge in [0.2, 0.25) is 11.8 Å². The fraction of sp³-hybridized carbons (Fsp3) is 0.625. The van der Waals surface area contributed by atoms with Crippen LogP contribution in [0.3, 0.4) is 0 Å². The van der Waals surface area contributed by atoms with Gasteiger partial charge in [0.1, 0.15) is 18.4 Å². The summed E-state index contributed by atoms with van der Waals surface area (Å²) in [6, 6.07) is 0. The van der Waals surface area contributed by atoms with Crippen LogP contribution in [0.1, 0.15) is 85.0 Å². The van der Waals surface area contributed by atoms with E-state index in [1.807, 2.05) is 41.1 Å². The first-order valence-corrected chi connectivity index (χ1v) is 20.6. The lowest BCUT2D eigenvalue weighted by Gasteiger charge is -2.32. The summed E-state index contributed by atoms with van der Waals surface area (Å²) in [6.07, 6.45) is 30.7. The van der Waals surface area contributed by atoms with Crippen LogP contribution in [0.4, 0.5) is 0 Å². The molecule has 0 aliphatic rings. The van der Waals surface area contributed by atoms with Gasteiger partial charge in [0.05, 0.1) is 39.8 Å². The molecule has 0 aliphatic heterocycles. The third-order valence-electron chi connectivity index (χ3n) is 7.45. The number of hydrogen-bond donors (Lipinski definition) is 5. The number of ketones is 1. The molecule has 0 saturated carbocycles. The van der Waals surface area contributed by atoms with Crippen molar-refractivity contribution in [3.63, 3.8) is 0 Å². The quantitative estimate of drug-likeness (QED) is 0.0252. The zero-order valence-electron chi connectivity index (χ0n) is 32.1. The molecule has 51 heavy (non-hydrogen) atoms. The number of nitrogens with zero attached hydrogens (tertiary/aromatic N) is 1. The number of aliphatic hydroxyl groups excluding tert-OH is 3. The molecule has 3 atom stereocenters. The second-order valence-corrected chi connectivity index (χ2v) is 17.1. The lowest BCUT2D eigenvalue weighted by Crippen LogP contribution is -2.46. The van der Waals surface area contributed by atoms with Gasteiger partial charge in [-0.15, -0.1) is 0 Å². The molecule has 0 fully saturated rings. The van der Waals surface area contributed by atoms with E-state index in [2.05, 4.69) is 84.4 Å². The molecule has 290 valence electrons. The Morgan fingerprint density at radius 3 is 1.75 bits per heavy atom. The van der Waals surface area contributed by atoms with Gasteiger partial charge in [-0.3, -0.25) is 14.4 Å². The highest BCUT2D eigenvalue weighted by molar-refractivity contribution is 8.77. The van der Waals surface area contributed by atoms with Crippen molar-refractivity contribution in [3.8, 4) is 0 Å². The molecule has 0 aromatic carbocycles. The van der Waals surface area contributed by atoms with Gasteiger partial charge in [-0.1, -0.05) is 101 Å². The van der Waals surface area contributed by atoms with Crippen molar-refractivity contribution in [3.05, 3.63) is 72.9 Å². The third kappa shape index (κ3) is 29.8. The SMILES string of the molecule is CC/C=C\C/C=C\C/C=C\C/C=C\C/C=C\C/C=C\CCC(=O)NCCSSC(C)(C)[C@H](CC(=O)CC(O)C[N+](C)(C)C)C(=O)NC[C@@H](O)CO. The zero-order chi connectivity index (χ0) is 38.4. The van der Waals surface area contributed by atoms with Crippen molar-refractivity contribution in [1.82, 2.24) is 10.6 Å². The van der Waals surface area contributed by atoms with Gasteiger partial charge in [0.15, 0.2) is 0 Å². The molecular weight excluding hydrogens is 683 g/mol. The highest BCUT2D eigenvalue weighted by Crippen LogP contribution is 2.42. The molecule has 2 amide bonds. The van der Waals surface area contributed by atoms with Gasteiger partial charge < -0.3 is 30.4 Å². The van der Waals surface area contributed by atoms with Crippen LogP contribution in [0.2, 0.25) is 0 Å². The van der Waals surface area contributed by atoms with E-state index in [0.717, 1.165) is 38.5 Å². The van der Waals surface area contributed by atoms with Crippen molar-refractivity contribution in [2.75, 3.05) is 53.1 Å². The fourth-order valence-electron chi connectivity index (χ4n) is 4.76. The largest absolute Gasteiger partial charge is 0.394 e. The monoisotopic (exact) mass is 750 g/mol. The highest BCUT2D eigenvalue weighted by Gasteiger charge is 2.38. The van der Waals surface area contributed by atoms with Crippen molar-refractivity contribution in [2.24, 2.45) is 5.92 Å². The maximum absolute atomic E-state index is 13.1. The van der Waals surface area contributed by atoms with Gasteiger partial charge in [0, 0.05) is 42.9 Å². The number of carbonyl (C=O) groups excluding carboxylic acids is 3. The average Bonchev–Trinajstić information content (AvgIpc) is 3.05. The summed E-state index contributed by atoms with van der Waals surface area (Å²) >= 11 is 0. The van der Waals surface area contributed by atoms with Crippen molar-refractivity contribution < 1.29 is 34.2 Å². The van der Waals surface area contributed by atoms with Crippen LogP contribution in [0.25, 0.3) is 0 Å². The molecule has 0 aliphatic carbocycles. The van der Waals surface area contributed by atoms with E-state index >= 15 is 0 Å². The van der Waals surface area contributed by atoms with Crippen molar-refractivity contribution in [1.29, 1.82) is 0 Å². The topological polar surface area (TPSA) is 136 Å². The molecule has 0 saturated heterocycles. The number of aliphatic hydroxyl groups is 3. The van der Waals surface area contributed by atoms with Crippen LogP contribution in [0.5, 0.6) is 0 Å². The predicted octanol–water partition coefficient (Wildman–Crippen LogP) is 6.24. The molecule has 9 nitrogen and oxygen atoms in total. The van der Waals surface area contributed by atoms with E-state index in [0.29, 0.717) is 36.2 Å². The van der Waals surface area contributed by atoms with E-state index < -0.39 is 35.4 Å². The summed E-state index contributed by atoms with van der Waals surface area (Å²) in [4.78, 5) is 38.3. The Balaban J connectivity index is 4.43. The number of likely N-dealkylation sites (N-methyl/N-ethyl adjacent to an activating group) is 1. The first-order chi connectivity index (χ1) is 24.2. The van der Waals surface area contributed by atoms with Gasteiger partial charge in [-0.05, 0) is 58.8 Å². The lowest BCUT2D eigenvalue weighted by atomic mass is 9.87. The van der Waals surface area contributed by atoms with Gasteiger partial charge in [-0.2, -0.15) is 0 Å². The summed E-state index contributed by atoms with van der Waals surface area (Å²) in [5.74, 6) is -0.722. The van der Waals surface area contributed by atoms with E-state index in [4.69, 9.17) is 5.11 Å². The second kappa shape index (κ2) is 30.1. The molecule has 0 bridgehead atoms. The van der Waals surface area contributed by atoms with E-state index in [1.165, 1.54) is 21.6 Å². The van der Waals surface area contributed by atoms with Crippen molar-refractivity contribution in [2.45, 2.75) is 102 Å². The Morgan fingerprint density at radius 2 is 1.25 bits per heavy atom. The van der Waals surface area contributed by atoms with E-state index in [1.54, 1.807) is 0 Å². The van der Waals surface area contributed by atoms with Gasteiger partial charge >= 0.3 is 0 Å². The minimum absolute atomic E-state index is 0.0166. The van der Waals surface area contributed by atoms with E-state index in [9.17, 15) is 24.6 Å². The summed E-state index contributed by atoms with van der Waals surface area (Å²) in [7, 11) is 8.78. The second-order valence-electron chi connectivity index (χ2n) is 14.0. The molecule has 0 aromatic heterocycles. The number of quaternary nitrogens is 1. The molecule has 1 unspecified atom stereocenters. The summed E-state index contributed by atoms with van der Waals surface area (Å²) in [5, 5.41) is 34.8. The Hall–Kier alpha value is -2.41. The number of Topliss-reactive ketones (excluding diaryl/α,β-unsaturated/α-hetero) is 1. The molecule has 0 spiro atoms. The maximum atomic E-state index is 13.1. The molecule has 5 N–H and O–H groups in total. The first-order valence-electron chi connectivity index (χ1n) is 18.3. The number of amides is 2. The van der Waals surface area contributed by atoms with Crippen LogP contribution >= 0.6 is 21.6 Å². The molecule has 11 heteroatoms. The third-order valence-corrected chi connectivity index (χ3v) is 10.8. The number of hydrogen-bond acceptors (Lipinski definition) is 8. The van der Waals surface area contributed by atoms with Crippen LogP contribution in [-0.4, -0.2) is 107 Å². The molecule has 0 rings (SSSR count). The standard InChI is InChI=1S/C40H67N3O6S2/c1-7-8-9-10-11-12-13-14-15-16-17-18-19-20-21-22-23-24-25-26-38(48)41-27-28-50-51-40(2,3)37(39(49)42-31-36(47)33-44)30-34(45)29-35(46)32-43(4,5)6/h8-9,11-12,14-15,17-18,20-21,23-24,35-37,44,46-47H,7,10,13,16,19,22,25-33H2,1-6H3,(H-,41,42,48,49)/p+1/b9-8-,12-11-,15-14-,18-17-,21-20-,24-23-/t35?,36-,37-/m1/s1. The lowest BCUT2D eigenvalue weighted by molar-refractivity contribution is -0.873. The zero-order valence-corrected chi connectivity index (χ0v) is 33.7. The fourth-order valence-corrected chi connectivity index (χ4v) is 7.40. The molecule has 0 aromatic rings. The summed E-state index contributed by atoms with van der Waals surface area (Å²) in [6.45, 7) is 6.20. The van der Waals surface area contributed by atoms with E-state index in [-0.39, 0.29) is 31.1 Å². The first kappa shape index (κ1) is 48.6. The number of carbonyl (C=O) groups is 3. The molecule has 0 heterocycles.